The molecule has 0 spiro atoms. The van der Waals surface area contributed by atoms with Gasteiger partial charge in [-0.25, -0.2) is 0 Å². The molecule has 3 nitrogen and oxygen atoms in total. The maximum Gasteiger partial charge on any atom is 0.166 e. The van der Waals surface area contributed by atoms with Gasteiger partial charge >= 0.3 is 0 Å². The standard InChI is InChI=1S/C18H15ClIN3S/c1-22-18(20)23(2)17(24-16-9-7-15(19)8-10-16)11-13-3-5-14(12-21)6-4-13/h3-11H,1-2H3/b17-11-,22-18?. The lowest BCUT2D eigenvalue weighted by Crippen LogP contribution is -2.19. The maximum absolute atomic E-state index is 8.92. The quantitative estimate of drug-likeness (QED) is 0.192. The molecule has 0 aromatic heterocycles. The zero-order valence-corrected chi connectivity index (χ0v) is 16.9. The second-order valence-electron chi connectivity index (χ2n) is 4.82. The first-order valence-electron chi connectivity index (χ1n) is 7.05. The third kappa shape index (κ3) is 5.26. The van der Waals surface area contributed by atoms with Crippen molar-refractivity contribution in [2.24, 2.45) is 4.99 Å². The molecule has 24 heavy (non-hydrogen) atoms. The number of hydrogen-bond acceptors (Lipinski definition) is 3. The molecule has 0 unspecified atom stereocenters. The van der Waals surface area contributed by atoms with Gasteiger partial charge in [0.2, 0.25) is 0 Å². The molecule has 0 aliphatic heterocycles. The van der Waals surface area contributed by atoms with E-state index in [9.17, 15) is 0 Å². The van der Waals surface area contributed by atoms with Gasteiger partial charge in [0.05, 0.1) is 16.7 Å². The van der Waals surface area contributed by atoms with Crippen molar-refractivity contribution in [3.63, 3.8) is 0 Å². The van der Waals surface area contributed by atoms with Crippen molar-refractivity contribution in [2.75, 3.05) is 14.1 Å². The fourth-order valence-electron chi connectivity index (χ4n) is 1.86. The largest absolute Gasteiger partial charge is 0.319 e. The van der Waals surface area contributed by atoms with Crippen molar-refractivity contribution in [2.45, 2.75) is 4.90 Å². The van der Waals surface area contributed by atoms with Gasteiger partial charge in [-0.2, -0.15) is 5.26 Å². The van der Waals surface area contributed by atoms with E-state index >= 15 is 0 Å². The van der Waals surface area contributed by atoms with Crippen molar-refractivity contribution >= 4 is 55.9 Å². The van der Waals surface area contributed by atoms with Crippen molar-refractivity contribution in [1.82, 2.24) is 4.90 Å². The van der Waals surface area contributed by atoms with Gasteiger partial charge in [0.25, 0.3) is 0 Å². The van der Waals surface area contributed by atoms with Crippen molar-refractivity contribution in [1.29, 1.82) is 5.26 Å². The molecule has 0 bridgehead atoms. The second-order valence-corrected chi connectivity index (χ2v) is 7.32. The van der Waals surface area contributed by atoms with Gasteiger partial charge in [0, 0.05) is 24.0 Å². The van der Waals surface area contributed by atoms with E-state index in [-0.39, 0.29) is 0 Å². The molecule has 2 aromatic carbocycles. The van der Waals surface area contributed by atoms with Crippen molar-refractivity contribution in [3.05, 3.63) is 69.7 Å². The fraction of sp³-hybridized carbons (Fsp3) is 0.111. The summed E-state index contributed by atoms with van der Waals surface area (Å²) in [5.41, 5.74) is 1.68. The Morgan fingerprint density at radius 3 is 2.38 bits per heavy atom. The highest BCUT2D eigenvalue weighted by atomic mass is 127. The first-order valence-corrected chi connectivity index (χ1v) is 9.32. The van der Waals surface area contributed by atoms with Crippen LogP contribution in [0.25, 0.3) is 6.08 Å². The van der Waals surface area contributed by atoms with E-state index in [0.717, 1.165) is 24.4 Å². The number of rotatable bonds is 4. The molecule has 0 saturated carbocycles. The van der Waals surface area contributed by atoms with Crippen LogP contribution >= 0.6 is 46.0 Å². The molecule has 0 amide bonds. The first kappa shape index (κ1) is 18.8. The molecule has 0 aliphatic rings. The van der Waals surface area contributed by atoms with Gasteiger partial charge in [0.1, 0.15) is 0 Å². The minimum absolute atomic E-state index is 0.650. The number of benzene rings is 2. The van der Waals surface area contributed by atoms with Crippen LogP contribution < -0.4 is 0 Å². The highest BCUT2D eigenvalue weighted by Crippen LogP contribution is 2.32. The molecule has 0 atom stereocenters. The number of aliphatic imine (C=N–C) groups is 1. The number of halogens is 2. The summed E-state index contributed by atoms with van der Waals surface area (Å²) in [5, 5.41) is 10.7. The summed E-state index contributed by atoms with van der Waals surface area (Å²) in [6.45, 7) is 0. The molecule has 6 heteroatoms. The van der Waals surface area contributed by atoms with Crippen LogP contribution in [0.4, 0.5) is 0 Å². The van der Waals surface area contributed by atoms with Crippen LogP contribution in [0.1, 0.15) is 11.1 Å². The molecule has 0 fully saturated rings. The first-order chi connectivity index (χ1) is 11.5. The summed E-state index contributed by atoms with van der Waals surface area (Å²) in [7, 11) is 3.75. The van der Waals surface area contributed by atoms with Gasteiger partial charge in [0.15, 0.2) is 3.84 Å². The van der Waals surface area contributed by atoms with Crippen LogP contribution in [-0.2, 0) is 0 Å². The summed E-state index contributed by atoms with van der Waals surface area (Å²) in [5.74, 6) is 0. The molecular weight excluding hydrogens is 453 g/mol. The number of nitrogens with zero attached hydrogens (tertiary/aromatic N) is 3. The number of amidine groups is 1. The molecular formula is C18H15ClIN3S. The van der Waals surface area contributed by atoms with Crippen LogP contribution in [0.2, 0.25) is 5.02 Å². The van der Waals surface area contributed by atoms with E-state index in [2.05, 4.69) is 39.7 Å². The highest BCUT2D eigenvalue weighted by Gasteiger charge is 2.11. The monoisotopic (exact) mass is 467 g/mol. The lowest BCUT2D eigenvalue weighted by atomic mass is 10.1. The predicted molar refractivity (Wildman–Crippen MR) is 112 cm³/mol. The molecule has 0 aliphatic carbocycles. The number of hydrogen-bond donors (Lipinski definition) is 0. The summed E-state index contributed by atoms with van der Waals surface area (Å²) >= 11 is 9.80. The van der Waals surface area contributed by atoms with Crippen LogP contribution in [0.15, 0.2) is 63.4 Å². The van der Waals surface area contributed by atoms with E-state index in [1.165, 1.54) is 0 Å². The molecule has 0 saturated heterocycles. The second kappa shape index (κ2) is 9.11. The van der Waals surface area contributed by atoms with E-state index in [4.69, 9.17) is 16.9 Å². The third-order valence-corrected chi connectivity index (χ3v) is 5.72. The van der Waals surface area contributed by atoms with Crippen LogP contribution in [0, 0.1) is 11.3 Å². The third-order valence-electron chi connectivity index (χ3n) is 3.16. The molecule has 2 aromatic rings. The number of thioether (sulfide) groups is 1. The SMILES string of the molecule is CN=C(I)N(C)/C(=C/c1ccc(C#N)cc1)Sc1ccc(Cl)cc1. The zero-order valence-electron chi connectivity index (χ0n) is 13.2. The van der Waals surface area contributed by atoms with E-state index in [1.54, 1.807) is 18.8 Å². The molecule has 122 valence electrons. The van der Waals surface area contributed by atoms with Crippen LogP contribution in [0.3, 0.4) is 0 Å². The Hall–Kier alpha value is -1.49. The van der Waals surface area contributed by atoms with Crippen LogP contribution in [-0.4, -0.2) is 22.8 Å². The van der Waals surface area contributed by atoms with Gasteiger partial charge in [-0.15, -0.1) is 0 Å². The lowest BCUT2D eigenvalue weighted by molar-refractivity contribution is 0.694. The Morgan fingerprint density at radius 2 is 1.83 bits per heavy atom. The summed E-state index contributed by atoms with van der Waals surface area (Å²) in [4.78, 5) is 7.36. The Bertz CT molecular complexity index is 793. The Morgan fingerprint density at radius 1 is 1.21 bits per heavy atom. The molecule has 0 N–H and O–H groups in total. The van der Waals surface area contributed by atoms with Gasteiger partial charge in [-0.3, -0.25) is 4.99 Å². The van der Waals surface area contributed by atoms with Crippen molar-refractivity contribution in [3.8, 4) is 6.07 Å². The predicted octanol–water partition coefficient (Wildman–Crippen LogP) is 5.65. The van der Waals surface area contributed by atoms with Crippen molar-refractivity contribution < 1.29 is 0 Å². The molecule has 0 heterocycles. The lowest BCUT2D eigenvalue weighted by Gasteiger charge is -2.20. The van der Waals surface area contributed by atoms with E-state index in [1.807, 2.05) is 60.5 Å². The maximum atomic E-state index is 8.92. The Labute approximate surface area is 165 Å². The van der Waals surface area contributed by atoms with Gasteiger partial charge in [-0.05, 0) is 70.6 Å². The Balaban J connectivity index is 2.35. The number of nitriles is 1. The normalized spacial score (nSPS) is 12.0. The molecule has 2 rings (SSSR count). The average molecular weight is 468 g/mol. The van der Waals surface area contributed by atoms with Crippen LogP contribution in [0.5, 0.6) is 0 Å². The summed E-state index contributed by atoms with van der Waals surface area (Å²) < 4.78 is 0.883. The summed E-state index contributed by atoms with van der Waals surface area (Å²) in [6, 6.07) is 17.4. The van der Waals surface area contributed by atoms with Gasteiger partial charge < -0.3 is 4.90 Å². The fourth-order valence-corrected chi connectivity index (χ4v) is 3.34. The Kier molecular flexibility index (Phi) is 7.16. The highest BCUT2D eigenvalue weighted by molar-refractivity contribution is 14.1. The zero-order chi connectivity index (χ0) is 17.5. The smallest absolute Gasteiger partial charge is 0.166 e. The van der Waals surface area contributed by atoms with Gasteiger partial charge in [-0.1, -0.05) is 35.5 Å². The van der Waals surface area contributed by atoms with E-state index < -0.39 is 0 Å². The summed E-state index contributed by atoms with van der Waals surface area (Å²) in [6.07, 6.45) is 2.07. The minimum atomic E-state index is 0.650. The topological polar surface area (TPSA) is 39.4 Å². The average Bonchev–Trinajstić information content (AvgIpc) is 2.62. The molecule has 0 radical (unpaired) electrons. The van der Waals surface area contributed by atoms with E-state index in [0.29, 0.717) is 5.56 Å². The minimum Gasteiger partial charge on any atom is -0.319 e.